The summed E-state index contributed by atoms with van der Waals surface area (Å²) in [6.45, 7) is 5.30. The van der Waals surface area contributed by atoms with Gasteiger partial charge in [-0.05, 0) is 43.7 Å². The number of benzene rings is 2. The van der Waals surface area contributed by atoms with Crippen molar-refractivity contribution in [1.82, 2.24) is 4.90 Å². The number of amides is 2. The van der Waals surface area contributed by atoms with Gasteiger partial charge >= 0.3 is 0 Å². The molecule has 0 spiro atoms. The molecule has 1 N–H and O–H groups in total. The van der Waals surface area contributed by atoms with E-state index in [1.807, 2.05) is 37.3 Å². The summed E-state index contributed by atoms with van der Waals surface area (Å²) in [6.07, 6.45) is 0.200. The van der Waals surface area contributed by atoms with E-state index < -0.39 is 0 Å². The number of hydrogen-bond donors (Lipinski definition) is 1. The zero-order chi connectivity index (χ0) is 19.1. The van der Waals surface area contributed by atoms with E-state index in [1.165, 1.54) is 13.8 Å². The molecule has 26 heavy (non-hydrogen) atoms. The fourth-order valence-corrected chi connectivity index (χ4v) is 2.77. The monoisotopic (exact) mass is 352 g/mol. The third-order valence-corrected chi connectivity index (χ3v) is 4.31. The number of anilines is 1. The van der Waals surface area contributed by atoms with Crippen molar-refractivity contribution in [2.45, 2.75) is 33.2 Å². The molecular formula is C21H24N2O3. The highest BCUT2D eigenvalue weighted by atomic mass is 16.2. The standard InChI is InChI=1S/C21H24N2O3/c1-15(18-7-5-4-6-8-18)23(17(3)25)14-13-21(26)22-20-11-9-19(10-12-20)16(2)24/h4-12,15H,13-14H2,1-3H3,(H,22,26). The Kier molecular flexibility index (Phi) is 6.67. The highest BCUT2D eigenvalue weighted by Crippen LogP contribution is 2.20. The second kappa shape index (κ2) is 8.94. The van der Waals surface area contributed by atoms with Crippen LogP contribution in [0.15, 0.2) is 54.6 Å². The molecule has 0 aliphatic heterocycles. The molecule has 5 heteroatoms. The van der Waals surface area contributed by atoms with Crippen LogP contribution in [0.25, 0.3) is 0 Å². The molecule has 2 rings (SSSR count). The average Bonchev–Trinajstić information content (AvgIpc) is 2.62. The lowest BCUT2D eigenvalue weighted by Crippen LogP contribution is -2.34. The molecule has 2 amide bonds. The Morgan fingerprint density at radius 1 is 0.962 bits per heavy atom. The molecule has 136 valence electrons. The number of hydrogen-bond acceptors (Lipinski definition) is 3. The zero-order valence-corrected chi connectivity index (χ0v) is 15.4. The summed E-state index contributed by atoms with van der Waals surface area (Å²) >= 11 is 0. The molecule has 0 radical (unpaired) electrons. The molecule has 2 aromatic rings. The second-order valence-electron chi connectivity index (χ2n) is 6.23. The highest BCUT2D eigenvalue weighted by Gasteiger charge is 2.19. The summed E-state index contributed by atoms with van der Waals surface area (Å²) in [5.74, 6) is -0.262. The first-order valence-corrected chi connectivity index (χ1v) is 8.61. The van der Waals surface area contributed by atoms with Crippen molar-refractivity contribution < 1.29 is 14.4 Å². The smallest absolute Gasteiger partial charge is 0.226 e. The average molecular weight is 352 g/mol. The van der Waals surface area contributed by atoms with Crippen molar-refractivity contribution in [3.8, 4) is 0 Å². The summed E-state index contributed by atoms with van der Waals surface area (Å²) in [7, 11) is 0. The summed E-state index contributed by atoms with van der Waals surface area (Å²) < 4.78 is 0. The molecule has 2 aromatic carbocycles. The maximum atomic E-state index is 12.2. The van der Waals surface area contributed by atoms with E-state index in [1.54, 1.807) is 29.2 Å². The van der Waals surface area contributed by atoms with E-state index in [-0.39, 0.29) is 30.1 Å². The Balaban J connectivity index is 1.95. The van der Waals surface area contributed by atoms with Gasteiger partial charge in [0.05, 0.1) is 6.04 Å². The van der Waals surface area contributed by atoms with Gasteiger partial charge in [0, 0.05) is 31.1 Å². The summed E-state index contributed by atoms with van der Waals surface area (Å²) in [6, 6.07) is 16.4. The van der Waals surface area contributed by atoms with Crippen LogP contribution >= 0.6 is 0 Å². The van der Waals surface area contributed by atoms with Crippen LogP contribution in [-0.4, -0.2) is 29.0 Å². The number of carbonyl (C=O) groups is 3. The van der Waals surface area contributed by atoms with Crippen LogP contribution in [0.5, 0.6) is 0 Å². The Labute approximate surface area is 154 Å². The Morgan fingerprint density at radius 3 is 2.12 bits per heavy atom. The van der Waals surface area contributed by atoms with Crippen LogP contribution < -0.4 is 5.32 Å². The predicted molar refractivity (Wildman–Crippen MR) is 102 cm³/mol. The van der Waals surface area contributed by atoms with E-state index >= 15 is 0 Å². The fraction of sp³-hybridized carbons (Fsp3) is 0.286. The summed E-state index contributed by atoms with van der Waals surface area (Å²) in [5, 5.41) is 2.79. The maximum Gasteiger partial charge on any atom is 0.226 e. The normalized spacial score (nSPS) is 11.5. The van der Waals surface area contributed by atoms with Gasteiger partial charge in [0.15, 0.2) is 5.78 Å². The quantitative estimate of drug-likeness (QED) is 0.770. The first-order chi connectivity index (χ1) is 12.4. The van der Waals surface area contributed by atoms with Crippen LogP contribution in [0.1, 0.15) is 49.2 Å². The van der Waals surface area contributed by atoms with Crippen LogP contribution in [-0.2, 0) is 9.59 Å². The maximum absolute atomic E-state index is 12.2. The van der Waals surface area contributed by atoms with Gasteiger partial charge in [0.25, 0.3) is 0 Å². The van der Waals surface area contributed by atoms with Crippen LogP contribution in [0.2, 0.25) is 0 Å². The Hall–Kier alpha value is -2.95. The molecule has 0 saturated heterocycles. The van der Waals surface area contributed by atoms with E-state index in [0.29, 0.717) is 17.8 Å². The third-order valence-electron chi connectivity index (χ3n) is 4.31. The highest BCUT2D eigenvalue weighted by molar-refractivity contribution is 5.95. The van der Waals surface area contributed by atoms with Crippen molar-refractivity contribution >= 4 is 23.3 Å². The van der Waals surface area contributed by atoms with Crippen molar-refractivity contribution in [3.05, 3.63) is 65.7 Å². The first-order valence-electron chi connectivity index (χ1n) is 8.61. The summed E-state index contributed by atoms with van der Waals surface area (Å²) in [5.41, 5.74) is 2.26. The van der Waals surface area contributed by atoms with E-state index in [2.05, 4.69) is 5.32 Å². The van der Waals surface area contributed by atoms with E-state index in [0.717, 1.165) is 5.56 Å². The van der Waals surface area contributed by atoms with E-state index in [4.69, 9.17) is 0 Å². The molecule has 0 saturated carbocycles. The van der Waals surface area contributed by atoms with Crippen molar-refractivity contribution in [3.63, 3.8) is 0 Å². The number of Topliss-reactive ketones (excluding diaryl/α,β-unsaturated/α-hetero) is 1. The molecule has 0 bridgehead atoms. The largest absolute Gasteiger partial charge is 0.336 e. The minimum absolute atomic E-state index is 0.0186. The van der Waals surface area contributed by atoms with Gasteiger partial charge in [0.1, 0.15) is 0 Å². The molecule has 1 atom stereocenters. The number of carbonyl (C=O) groups excluding carboxylic acids is 3. The first kappa shape index (κ1) is 19.4. The van der Waals surface area contributed by atoms with Gasteiger partial charge in [-0.1, -0.05) is 30.3 Å². The third kappa shape index (κ3) is 5.28. The minimum atomic E-state index is -0.174. The molecular weight excluding hydrogens is 328 g/mol. The molecule has 0 aliphatic carbocycles. The van der Waals surface area contributed by atoms with Crippen molar-refractivity contribution in [2.24, 2.45) is 0 Å². The Bertz CT molecular complexity index is 770. The van der Waals surface area contributed by atoms with Gasteiger partial charge in [-0.2, -0.15) is 0 Å². The number of nitrogens with one attached hydrogen (secondary N) is 1. The van der Waals surface area contributed by atoms with Gasteiger partial charge in [-0.3, -0.25) is 14.4 Å². The predicted octanol–water partition coefficient (Wildman–Crippen LogP) is 3.83. The SMILES string of the molecule is CC(=O)c1ccc(NC(=O)CCN(C(C)=O)C(C)c2ccccc2)cc1. The lowest BCUT2D eigenvalue weighted by molar-refractivity contribution is -0.131. The number of ketones is 1. The summed E-state index contributed by atoms with van der Waals surface area (Å²) in [4.78, 5) is 37.2. The van der Waals surface area contributed by atoms with E-state index in [9.17, 15) is 14.4 Å². The van der Waals surface area contributed by atoms with Crippen LogP contribution in [0.3, 0.4) is 0 Å². The lowest BCUT2D eigenvalue weighted by Gasteiger charge is -2.28. The van der Waals surface area contributed by atoms with Crippen molar-refractivity contribution in [2.75, 3.05) is 11.9 Å². The van der Waals surface area contributed by atoms with Crippen LogP contribution in [0, 0.1) is 0 Å². The van der Waals surface area contributed by atoms with Crippen molar-refractivity contribution in [1.29, 1.82) is 0 Å². The molecule has 0 heterocycles. The fourth-order valence-electron chi connectivity index (χ4n) is 2.77. The second-order valence-corrected chi connectivity index (χ2v) is 6.23. The molecule has 5 nitrogen and oxygen atoms in total. The van der Waals surface area contributed by atoms with Crippen LogP contribution in [0.4, 0.5) is 5.69 Å². The molecule has 0 fully saturated rings. The minimum Gasteiger partial charge on any atom is -0.336 e. The molecule has 0 aliphatic rings. The molecule has 0 aromatic heterocycles. The van der Waals surface area contributed by atoms with Gasteiger partial charge < -0.3 is 10.2 Å². The van der Waals surface area contributed by atoms with Gasteiger partial charge in [-0.15, -0.1) is 0 Å². The van der Waals surface area contributed by atoms with Gasteiger partial charge in [-0.25, -0.2) is 0 Å². The van der Waals surface area contributed by atoms with Gasteiger partial charge in [0.2, 0.25) is 11.8 Å². The number of nitrogens with zero attached hydrogens (tertiary/aromatic N) is 1. The Morgan fingerprint density at radius 2 is 1.58 bits per heavy atom. The zero-order valence-electron chi connectivity index (χ0n) is 15.4. The molecule has 1 unspecified atom stereocenters. The lowest BCUT2D eigenvalue weighted by atomic mass is 10.1. The topological polar surface area (TPSA) is 66.5 Å². The number of rotatable bonds is 7.